The highest BCUT2D eigenvalue weighted by atomic mass is 127. The van der Waals surface area contributed by atoms with E-state index in [0.717, 1.165) is 23.0 Å². The molecule has 0 spiro atoms. The first-order valence-electron chi connectivity index (χ1n) is 5.64. The maximum absolute atomic E-state index is 12.0. The summed E-state index contributed by atoms with van der Waals surface area (Å²) in [6.45, 7) is 3.40. The predicted molar refractivity (Wildman–Crippen MR) is 70.0 cm³/mol. The Bertz CT molecular complexity index is 377. The van der Waals surface area contributed by atoms with Crippen LogP contribution in [0.2, 0.25) is 0 Å². The van der Waals surface area contributed by atoms with Crippen molar-refractivity contribution in [2.75, 3.05) is 6.54 Å². The molecule has 1 fully saturated rings. The first kappa shape index (κ1) is 11.9. The van der Waals surface area contributed by atoms with Crippen molar-refractivity contribution >= 4 is 28.5 Å². The van der Waals surface area contributed by atoms with E-state index in [-0.39, 0.29) is 5.91 Å². The van der Waals surface area contributed by atoms with Crippen LogP contribution in [0.25, 0.3) is 0 Å². The molecule has 0 aromatic carbocycles. The number of halogens is 1. The molecular formula is C11H16IN3O. The van der Waals surface area contributed by atoms with E-state index in [1.54, 1.807) is 10.9 Å². The molecule has 0 radical (unpaired) electrons. The molecule has 2 rings (SSSR count). The number of aromatic nitrogens is 2. The van der Waals surface area contributed by atoms with Gasteiger partial charge in [0.15, 0.2) is 0 Å². The summed E-state index contributed by atoms with van der Waals surface area (Å²) in [4.78, 5) is 14.0. The lowest BCUT2D eigenvalue weighted by Crippen LogP contribution is -2.43. The van der Waals surface area contributed by atoms with Gasteiger partial charge in [0.2, 0.25) is 5.91 Å². The molecule has 2 heterocycles. The lowest BCUT2D eigenvalue weighted by atomic mass is 10.0. The van der Waals surface area contributed by atoms with Crippen molar-refractivity contribution < 1.29 is 4.79 Å². The maximum Gasteiger partial charge on any atom is 0.244 e. The zero-order valence-corrected chi connectivity index (χ0v) is 11.6. The molecule has 0 saturated carbocycles. The van der Waals surface area contributed by atoms with Crippen molar-refractivity contribution in [3.8, 4) is 0 Å². The van der Waals surface area contributed by atoms with Gasteiger partial charge in [0, 0.05) is 18.8 Å². The molecule has 1 atom stereocenters. The first-order chi connectivity index (χ1) is 7.66. The molecule has 16 heavy (non-hydrogen) atoms. The number of amides is 1. The Morgan fingerprint density at radius 2 is 2.44 bits per heavy atom. The molecule has 1 amide bonds. The van der Waals surface area contributed by atoms with Gasteiger partial charge in [-0.25, -0.2) is 0 Å². The lowest BCUT2D eigenvalue weighted by molar-refractivity contribution is -0.135. The van der Waals surface area contributed by atoms with E-state index < -0.39 is 0 Å². The topological polar surface area (TPSA) is 38.1 Å². The van der Waals surface area contributed by atoms with Gasteiger partial charge in [-0.3, -0.25) is 9.48 Å². The second kappa shape index (κ2) is 5.16. The molecule has 0 N–H and O–H groups in total. The number of rotatable bonds is 2. The average Bonchev–Trinajstić information content (AvgIpc) is 2.64. The summed E-state index contributed by atoms with van der Waals surface area (Å²) in [6.07, 6.45) is 7.17. The number of hydrogen-bond acceptors (Lipinski definition) is 2. The second-order valence-electron chi connectivity index (χ2n) is 4.29. The normalized spacial score (nSPS) is 21.1. The van der Waals surface area contributed by atoms with E-state index in [4.69, 9.17) is 0 Å². The Morgan fingerprint density at radius 3 is 3.06 bits per heavy atom. The van der Waals surface area contributed by atoms with Gasteiger partial charge in [-0.1, -0.05) is 0 Å². The third-order valence-electron chi connectivity index (χ3n) is 3.02. The van der Waals surface area contributed by atoms with Crippen LogP contribution in [0.1, 0.15) is 26.2 Å². The van der Waals surface area contributed by atoms with Crippen LogP contribution in [0, 0.1) is 3.57 Å². The Hall–Kier alpha value is -0.590. The predicted octanol–water partition coefficient (Wildman–Crippen LogP) is 1.89. The number of carbonyl (C=O) groups excluding carboxylic acids is 1. The third-order valence-corrected chi connectivity index (χ3v) is 3.58. The van der Waals surface area contributed by atoms with Crippen molar-refractivity contribution in [1.82, 2.24) is 14.7 Å². The summed E-state index contributed by atoms with van der Waals surface area (Å²) in [5, 5.41) is 4.14. The third kappa shape index (κ3) is 2.75. The molecule has 1 aliphatic rings. The van der Waals surface area contributed by atoms with Crippen LogP contribution in [0.15, 0.2) is 12.4 Å². The molecule has 0 aliphatic carbocycles. The molecule has 1 saturated heterocycles. The van der Waals surface area contributed by atoms with E-state index in [0.29, 0.717) is 12.6 Å². The second-order valence-corrected chi connectivity index (χ2v) is 5.53. The molecule has 88 valence electrons. The van der Waals surface area contributed by atoms with E-state index in [9.17, 15) is 4.79 Å². The van der Waals surface area contributed by atoms with Crippen LogP contribution in [0.3, 0.4) is 0 Å². The van der Waals surface area contributed by atoms with Gasteiger partial charge in [0.25, 0.3) is 0 Å². The Morgan fingerprint density at radius 1 is 1.62 bits per heavy atom. The highest BCUT2D eigenvalue weighted by molar-refractivity contribution is 14.1. The highest BCUT2D eigenvalue weighted by Gasteiger charge is 2.23. The van der Waals surface area contributed by atoms with Crippen molar-refractivity contribution in [2.45, 2.75) is 38.8 Å². The minimum Gasteiger partial charge on any atom is -0.338 e. The van der Waals surface area contributed by atoms with Gasteiger partial charge >= 0.3 is 0 Å². The summed E-state index contributed by atoms with van der Waals surface area (Å²) in [7, 11) is 0. The average molecular weight is 333 g/mol. The molecule has 4 nitrogen and oxygen atoms in total. The van der Waals surface area contributed by atoms with E-state index in [2.05, 4.69) is 34.6 Å². The smallest absolute Gasteiger partial charge is 0.244 e. The van der Waals surface area contributed by atoms with Crippen molar-refractivity contribution in [1.29, 1.82) is 0 Å². The molecular weight excluding hydrogens is 317 g/mol. The minimum absolute atomic E-state index is 0.187. The SMILES string of the molecule is C[C@@H]1CCCCN1C(=O)Cn1cc(I)cn1. The van der Waals surface area contributed by atoms with Gasteiger partial charge in [0.1, 0.15) is 6.54 Å². The number of carbonyl (C=O) groups is 1. The van der Waals surface area contributed by atoms with Crippen LogP contribution in [-0.2, 0) is 11.3 Å². The minimum atomic E-state index is 0.187. The molecule has 0 unspecified atom stereocenters. The largest absolute Gasteiger partial charge is 0.338 e. The molecule has 5 heteroatoms. The highest BCUT2D eigenvalue weighted by Crippen LogP contribution is 2.16. The van der Waals surface area contributed by atoms with Crippen LogP contribution >= 0.6 is 22.6 Å². The number of likely N-dealkylation sites (tertiary alicyclic amines) is 1. The first-order valence-corrected chi connectivity index (χ1v) is 6.72. The van der Waals surface area contributed by atoms with Crippen LogP contribution in [0.5, 0.6) is 0 Å². The van der Waals surface area contributed by atoms with Gasteiger partial charge in [-0.15, -0.1) is 0 Å². The van der Waals surface area contributed by atoms with Gasteiger partial charge in [-0.05, 0) is 48.8 Å². The fourth-order valence-corrected chi connectivity index (χ4v) is 2.57. The summed E-state index contributed by atoms with van der Waals surface area (Å²) >= 11 is 2.20. The van der Waals surface area contributed by atoms with Crippen LogP contribution in [-0.4, -0.2) is 33.2 Å². The van der Waals surface area contributed by atoms with Crippen molar-refractivity contribution in [3.05, 3.63) is 16.0 Å². The van der Waals surface area contributed by atoms with E-state index in [1.165, 1.54) is 6.42 Å². The van der Waals surface area contributed by atoms with E-state index >= 15 is 0 Å². The van der Waals surface area contributed by atoms with Crippen molar-refractivity contribution in [3.63, 3.8) is 0 Å². The molecule has 1 aliphatic heterocycles. The maximum atomic E-state index is 12.0. The Balaban J connectivity index is 1.96. The fraction of sp³-hybridized carbons (Fsp3) is 0.636. The van der Waals surface area contributed by atoms with Gasteiger partial charge in [-0.2, -0.15) is 5.10 Å². The van der Waals surface area contributed by atoms with Crippen LogP contribution in [0.4, 0.5) is 0 Å². The summed E-state index contributed by atoms with van der Waals surface area (Å²) in [6, 6.07) is 0.385. The van der Waals surface area contributed by atoms with E-state index in [1.807, 2.05) is 11.1 Å². The Kier molecular flexibility index (Phi) is 3.83. The van der Waals surface area contributed by atoms with Gasteiger partial charge < -0.3 is 4.90 Å². The molecule has 1 aromatic heterocycles. The van der Waals surface area contributed by atoms with Crippen molar-refractivity contribution in [2.24, 2.45) is 0 Å². The monoisotopic (exact) mass is 333 g/mol. The lowest BCUT2D eigenvalue weighted by Gasteiger charge is -2.33. The Labute approximate surface area is 109 Å². The number of nitrogens with zero attached hydrogens (tertiary/aromatic N) is 3. The number of piperidine rings is 1. The standard InChI is InChI=1S/C11H16IN3O/c1-9-4-2-3-5-15(9)11(16)8-14-7-10(12)6-13-14/h6-7,9H,2-5,8H2,1H3/t9-/m1/s1. The zero-order chi connectivity index (χ0) is 11.5. The van der Waals surface area contributed by atoms with Crippen LogP contribution < -0.4 is 0 Å². The fourth-order valence-electron chi connectivity index (χ4n) is 2.12. The summed E-state index contributed by atoms with van der Waals surface area (Å²) < 4.78 is 2.78. The quantitative estimate of drug-likeness (QED) is 0.776. The number of hydrogen-bond donors (Lipinski definition) is 0. The summed E-state index contributed by atoms with van der Waals surface area (Å²) in [5.41, 5.74) is 0. The summed E-state index contributed by atoms with van der Waals surface area (Å²) in [5.74, 6) is 0.187. The van der Waals surface area contributed by atoms with Gasteiger partial charge in [0.05, 0.1) is 9.77 Å². The molecule has 0 bridgehead atoms. The zero-order valence-electron chi connectivity index (χ0n) is 9.40. The molecule has 1 aromatic rings.